The van der Waals surface area contributed by atoms with Gasteiger partial charge in [-0.15, -0.1) is 0 Å². The quantitative estimate of drug-likeness (QED) is 0.464. The fourth-order valence-electron chi connectivity index (χ4n) is 2.16. The molecule has 10 nitrogen and oxygen atoms in total. The summed E-state index contributed by atoms with van der Waals surface area (Å²) in [5.74, 6) is -0.949. The minimum atomic E-state index is -3.81. The molecule has 0 aromatic heterocycles. The molecule has 2 aromatic carbocycles. The summed E-state index contributed by atoms with van der Waals surface area (Å²) in [5, 5.41) is 12.7. The lowest BCUT2D eigenvalue weighted by atomic mass is 10.2. The van der Waals surface area contributed by atoms with E-state index in [0.717, 1.165) is 0 Å². The minimum Gasteiger partial charge on any atom is -0.370 e. The first kappa shape index (κ1) is 20.9. The van der Waals surface area contributed by atoms with E-state index in [9.17, 15) is 22.8 Å². The van der Waals surface area contributed by atoms with Crippen molar-refractivity contribution < 1.29 is 22.8 Å². The van der Waals surface area contributed by atoms with Gasteiger partial charge in [0.1, 0.15) is 0 Å². The second-order valence-electron chi connectivity index (χ2n) is 5.74. The van der Waals surface area contributed by atoms with Gasteiger partial charge in [-0.1, -0.05) is 6.07 Å². The molecule has 0 radical (unpaired) electrons. The van der Waals surface area contributed by atoms with Crippen LogP contribution in [0.25, 0.3) is 0 Å². The lowest BCUT2D eigenvalue weighted by Gasteiger charge is -2.10. The molecule has 0 bridgehead atoms. The van der Waals surface area contributed by atoms with Crippen molar-refractivity contribution in [2.45, 2.75) is 17.7 Å². The molecule has 11 heteroatoms. The zero-order chi connectivity index (χ0) is 20.7. The number of benzene rings is 2. The molecule has 4 amide bonds. The average Bonchev–Trinajstić information content (AvgIpc) is 2.60. The van der Waals surface area contributed by atoms with Crippen LogP contribution in [0.1, 0.15) is 12.8 Å². The van der Waals surface area contributed by atoms with Crippen LogP contribution in [0.2, 0.25) is 0 Å². The molecule has 0 atom stereocenters. The number of carbonyl (C=O) groups excluding carboxylic acids is 3. The molecule has 0 unspecified atom stereocenters. The Morgan fingerprint density at radius 1 is 0.821 bits per heavy atom. The number of urea groups is 1. The smallest absolute Gasteiger partial charge is 0.323 e. The summed E-state index contributed by atoms with van der Waals surface area (Å²) in [6.45, 7) is 0. The van der Waals surface area contributed by atoms with Crippen LogP contribution in [0.5, 0.6) is 0 Å². The SMILES string of the molecule is NC(=O)CCC(=O)Nc1cccc(NC(=O)Nc2ccc(S(N)(=O)=O)cc2)c1. The number of rotatable bonds is 7. The zero-order valence-electron chi connectivity index (χ0n) is 14.6. The normalized spacial score (nSPS) is 10.8. The van der Waals surface area contributed by atoms with Crippen molar-refractivity contribution in [3.63, 3.8) is 0 Å². The van der Waals surface area contributed by atoms with Gasteiger partial charge in [0.15, 0.2) is 0 Å². The Bertz CT molecular complexity index is 989. The molecule has 2 aromatic rings. The molecule has 0 fully saturated rings. The maximum absolute atomic E-state index is 12.1. The van der Waals surface area contributed by atoms with E-state index in [1.54, 1.807) is 18.2 Å². The largest absolute Gasteiger partial charge is 0.370 e. The van der Waals surface area contributed by atoms with Crippen molar-refractivity contribution in [3.05, 3.63) is 48.5 Å². The minimum absolute atomic E-state index is 0.0397. The molecular formula is C17H19N5O5S. The third-order valence-electron chi connectivity index (χ3n) is 3.44. The summed E-state index contributed by atoms with van der Waals surface area (Å²) >= 11 is 0. The first-order valence-electron chi connectivity index (χ1n) is 8.02. The molecule has 0 saturated heterocycles. The van der Waals surface area contributed by atoms with Crippen LogP contribution in [0.15, 0.2) is 53.4 Å². The number of nitrogens with two attached hydrogens (primary N) is 2. The van der Waals surface area contributed by atoms with Crippen molar-refractivity contribution in [1.82, 2.24) is 0 Å². The highest BCUT2D eigenvalue weighted by molar-refractivity contribution is 7.89. The van der Waals surface area contributed by atoms with Crippen molar-refractivity contribution in [2.75, 3.05) is 16.0 Å². The molecule has 0 aliphatic rings. The maximum Gasteiger partial charge on any atom is 0.323 e. The fourth-order valence-corrected chi connectivity index (χ4v) is 2.67. The van der Waals surface area contributed by atoms with Gasteiger partial charge in [-0.3, -0.25) is 9.59 Å². The highest BCUT2D eigenvalue weighted by atomic mass is 32.2. The number of hydrogen-bond donors (Lipinski definition) is 5. The zero-order valence-corrected chi connectivity index (χ0v) is 15.5. The summed E-state index contributed by atoms with van der Waals surface area (Å²) in [6.07, 6.45) is -0.0988. The number of primary amides is 1. The monoisotopic (exact) mass is 405 g/mol. The molecule has 148 valence electrons. The Labute approximate surface area is 161 Å². The Morgan fingerprint density at radius 3 is 1.96 bits per heavy atom. The van der Waals surface area contributed by atoms with E-state index < -0.39 is 22.0 Å². The molecule has 28 heavy (non-hydrogen) atoms. The predicted molar refractivity (Wildman–Crippen MR) is 104 cm³/mol. The molecule has 2 rings (SSSR count). The summed E-state index contributed by atoms with van der Waals surface area (Å²) in [5.41, 5.74) is 6.20. The number of amides is 4. The van der Waals surface area contributed by atoms with Crippen LogP contribution in [-0.4, -0.2) is 26.3 Å². The molecule has 0 aliphatic heterocycles. The van der Waals surface area contributed by atoms with Gasteiger partial charge in [0.2, 0.25) is 21.8 Å². The summed E-state index contributed by atoms with van der Waals surface area (Å²) in [4.78, 5) is 34.4. The van der Waals surface area contributed by atoms with E-state index >= 15 is 0 Å². The number of nitrogens with one attached hydrogen (secondary N) is 3. The topological polar surface area (TPSA) is 173 Å². The van der Waals surface area contributed by atoms with E-state index in [2.05, 4.69) is 16.0 Å². The Morgan fingerprint density at radius 2 is 1.39 bits per heavy atom. The van der Waals surface area contributed by atoms with E-state index in [4.69, 9.17) is 10.9 Å². The Hall–Kier alpha value is -3.44. The van der Waals surface area contributed by atoms with Crippen LogP contribution < -0.4 is 26.8 Å². The summed E-state index contributed by atoms with van der Waals surface area (Å²) < 4.78 is 22.4. The maximum atomic E-state index is 12.1. The van der Waals surface area contributed by atoms with E-state index in [-0.39, 0.29) is 23.6 Å². The number of hydrogen-bond acceptors (Lipinski definition) is 5. The second kappa shape index (κ2) is 8.97. The molecule has 0 heterocycles. The third kappa shape index (κ3) is 6.70. The highest BCUT2D eigenvalue weighted by Crippen LogP contribution is 2.17. The van der Waals surface area contributed by atoms with Crippen LogP contribution in [0.4, 0.5) is 21.9 Å². The predicted octanol–water partition coefficient (Wildman–Crippen LogP) is 1.18. The van der Waals surface area contributed by atoms with Gasteiger partial charge in [-0.05, 0) is 42.5 Å². The molecule has 0 saturated carbocycles. The van der Waals surface area contributed by atoms with Gasteiger partial charge in [0.25, 0.3) is 0 Å². The van der Waals surface area contributed by atoms with Crippen molar-refractivity contribution in [1.29, 1.82) is 0 Å². The van der Waals surface area contributed by atoms with Gasteiger partial charge >= 0.3 is 6.03 Å². The van der Waals surface area contributed by atoms with Crippen LogP contribution in [0, 0.1) is 0 Å². The molecule has 0 aliphatic carbocycles. The van der Waals surface area contributed by atoms with Gasteiger partial charge in [-0.25, -0.2) is 18.4 Å². The fraction of sp³-hybridized carbons (Fsp3) is 0.118. The van der Waals surface area contributed by atoms with Gasteiger partial charge in [-0.2, -0.15) is 0 Å². The molecule has 7 N–H and O–H groups in total. The van der Waals surface area contributed by atoms with Crippen LogP contribution in [-0.2, 0) is 19.6 Å². The number of anilines is 3. The van der Waals surface area contributed by atoms with E-state index in [1.165, 1.54) is 30.3 Å². The van der Waals surface area contributed by atoms with Crippen molar-refractivity contribution >= 4 is 44.9 Å². The van der Waals surface area contributed by atoms with E-state index in [0.29, 0.717) is 17.1 Å². The summed E-state index contributed by atoms with van der Waals surface area (Å²) in [6, 6.07) is 11.2. The van der Waals surface area contributed by atoms with Crippen LogP contribution in [0.3, 0.4) is 0 Å². The Kier molecular flexibility index (Phi) is 6.69. The highest BCUT2D eigenvalue weighted by Gasteiger charge is 2.09. The number of carbonyl (C=O) groups is 3. The molecular weight excluding hydrogens is 386 g/mol. The lowest BCUT2D eigenvalue weighted by molar-refractivity contribution is -0.122. The average molecular weight is 405 g/mol. The van der Waals surface area contributed by atoms with Gasteiger partial charge in [0.05, 0.1) is 4.90 Å². The van der Waals surface area contributed by atoms with E-state index in [1.807, 2.05) is 0 Å². The van der Waals surface area contributed by atoms with Gasteiger partial charge in [0, 0.05) is 29.9 Å². The van der Waals surface area contributed by atoms with Crippen molar-refractivity contribution in [2.24, 2.45) is 10.9 Å². The van der Waals surface area contributed by atoms with Gasteiger partial charge < -0.3 is 21.7 Å². The number of sulfonamides is 1. The first-order chi connectivity index (χ1) is 13.1. The molecule has 0 spiro atoms. The standard InChI is InChI=1S/C17H19N5O5S/c18-15(23)8-9-16(24)20-12-2-1-3-13(10-12)22-17(25)21-11-4-6-14(7-5-11)28(19,26)27/h1-7,10H,8-9H2,(H2,18,23)(H,20,24)(H2,19,26,27)(H2,21,22,25). The first-order valence-corrected chi connectivity index (χ1v) is 9.57. The second-order valence-corrected chi connectivity index (χ2v) is 7.31. The lowest BCUT2D eigenvalue weighted by Crippen LogP contribution is -2.20. The van der Waals surface area contributed by atoms with Crippen LogP contribution >= 0.6 is 0 Å². The Balaban J connectivity index is 1.95. The summed E-state index contributed by atoms with van der Waals surface area (Å²) in [7, 11) is -3.81. The van der Waals surface area contributed by atoms with Crippen molar-refractivity contribution in [3.8, 4) is 0 Å². The number of primary sulfonamides is 1. The third-order valence-corrected chi connectivity index (χ3v) is 4.37.